The fourth-order valence-electron chi connectivity index (χ4n) is 0.766. The van der Waals surface area contributed by atoms with Crippen molar-refractivity contribution in [3.63, 3.8) is 0 Å². The van der Waals surface area contributed by atoms with Crippen molar-refractivity contribution in [1.29, 1.82) is 0 Å². The summed E-state index contributed by atoms with van der Waals surface area (Å²) < 4.78 is 34.7. The lowest BCUT2D eigenvalue weighted by molar-refractivity contribution is 0.454. The average Bonchev–Trinajstić information content (AvgIpc) is 1.85. The molecule has 0 fully saturated rings. The quantitative estimate of drug-likeness (QED) is 0.473. The minimum Gasteiger partial charge on any atom is -0.448 e. The Hall–Kier alpha value is -0.185. The van der Waals surface area contributed by atoms with E-state index in [9.17, 15) is 12.9 Å². The zero-order chi connectivity index (χ0) is 8.74. The maximum absolute atomic E-state index is 11.6. The van der Waals surface area contributed by atoms with Gasteiger partial charge in [-0.05, 0) is 19.4 Å². The van der Waals surface area contributed by atoms with E-state index >= 15 is 0 Å². The van der Waals surface area contributed by atoms with E-state index in [4.69, 9.17) is 0 Å². The average molecular weight is 168 g/mol. The van der Waals surface area contributed by atoms with Crippen LogP contribution in [0, 0.1) is 0 Å². The molecular weight excluding hydrogens is 154 g/mol. The Kier molecular flexibility index (Phi) is 5.37. The highest BCUT2D eigenvalue weighted by Crippen LogP contribution is 2.05. The minimum atomic E-state index is -4.63. The molecule has 0 atom stereocenters. The van der Waals surface area contributed by atoms with Crippen LogP contribution >= 0.6 is 0 Å². The molecule has 1 nitrogen and oxygen atoms in total. The van der Waals surface area contributed by atoms with Crippen molar-refractivity contribution in [1.82, 2.24) is 5.32 Å². The standard InChI is InChI=1S/C6H14BF3N/c1-2-3-4-5-11-6-7(8,9)10/h11H,2-6H2,1H3/q-1. The first-order valence-corrected chi connectivity index (χ1v) is 3.98. The number of halogens is 3. The van der Waals surface area contributed by atoms with Crippen LogP contribution in [-0.2, 0) is 0 Å². The lowest BCUT2D eigenvalue weighted by Gasteiger charge is -2.13. The normalized spacial score (nSPS) is 12.0. The van der Waals surface area contributed by atoms with Gasteiger partial charge in [0.25, 0.3) is 0 Å². The fraction of sp³-hybridized carbons (Fsp3) is 1.00. The van der Waals surface area contributed by atoms with E-state index in [1.165, 1.54) is 0 Å². The lowest BCUT2D eigenvalue weighted by Crippen LogP contribution is -2.34. The Labute approximate surface area is 65.4 Å². The van der Waals surface area contributed by atoms with Crippen LogP contribution in [0.25, 0.3) is 0 Å². The first kappa shape index (κ1) is 10.8. The molecule has 0 aliphatic rings. The third kappa shape index (κ3) is 9.81. The molecule has 0 aromatic heterocycles. The molecule has 0 unspecified atom stereocenters. The van der Waals surface area contributed by atoms with Gasteiger partial charge >= 0.3 is 6.98 Å². The van der Waals surface area contributed by atoms with Crippen LogP contribution in [0.3, 0.4) is 0 Å². The van der Waals surface area contributed by atoms with Gasteiger partial charge in [0.15, 0.2) is 0 Å². The summed E-state index contributed by atoms with van der Waals surface area (Å²) >= 11 is 0. The van der Waals surface area contributed by atoms with Crippen LogP contribution in [-0.4, -0.2) is 20.0 Å². The van der Waals surface area contributed by atoms with E-state index < -0.39 is 13.4 Å². The Balaban J connectivity index is 3.02. The maximum Gasteiger partial charge on any atom is 0.491 e. The van der Waals surface area contributed by atoms with Crippen LogP contribution in [0.1, 0.15) is 26.2 Å². The highest BCUT2D eigenvalue weighted by atomic mass is 19.4. The zero-order valence-corrected chi connectivity index (χ0v) is 6.75. The molecule has 0 radical (unpaired) electrons. The zero-order valence-electron chi connectivity index (χ0n) is 6.75. The molecule has 0 aromatic carbocycles. The van der Waals surface area contributed by atoms with E-state index in [0.717, 1.165) is 19.3 Å². The Morgan fingerprint density at radius 3 is 2.27 bits per heavy atom. The van der Waals surface area contributed by atoms with Gasteiger partial charge in [-0.3, -0.25) is 0 Å². The lowest BCUT2D eigenvalue weighted by atomic mass is 9.92. The van der Waals surface area contributed by atoms with E-state index in [0.29, 0.717) is 6.54 Å². The highest BCUT2D eigenvalue weighted by molar-refractivity contribution is 6.58. The fourth-order valence-corrected chi connectivity index (χ4v) is 0.766. The third-order valence-corrected chi connectivity index (χ3v) is 1.33. The van der Waals surface area contributed by atoms with Gasteiger partial charge < -0.3 is 18.3 Å². The van der Waals surface area contributed by atoms with E-state index in [-0.39, 0.29) is 0 Å². The summed E-state index contributed by atoms with van der Waals surface area (Å²) in [6.45, 7) is -2.13. The van der Waals surface area contributed by atoms with Crippen molar-refractivity contribution in [3.05, 3.63) is 0 Å². The smallest absolute Gasteiger partial charge is 0.448 e. The Bertz CT molecular complexity index is 94.3. The first-order chi connectivity index (χ1) is 5.06. The molecule has 0 aliphatic carbocycles. The topological polar surface area (TPSA) is 12.0 Å². The molecule has 11 heavy (non-hydrogen) atoms. The van der Waals surface area contributed by atoms with Crippen molar-refractivity contribution >= 4 is 6.98 Å². The number of rotatable bonds is 6. The van der Waals surface area contributed by atoms with Crippen molar-refractivity contribution in [3.8, 4) is 0 Å². The summed E-state index contributed by atoms with van der Waals surface area (Å²) in [6, 6.07) is 0. The van der Waals surface area contributed by atoms with Gasteiger partial charge in [-0.1, -0.05) is 19.8 Å². The monoisotopic (exact) mass is 168 g/mol. The molecule has 0 aromatic rings. The van der Waals surface area contributed by atoms with Crippen LogP contribution in [0.2, 0.25) is 0 Å². The molecule has 0 rings (SSSR count). The second-order valence-corrected chi connectivity index (χ2v) is 2.62. The molecule has 0 saturated carbocycles. The summed E-state index contributed by atoms with van der Waals surface area (Å²) in [7, 11) is 0. The second-order valence-electron chi connectivity index (χ2n) is 2.62. The van der Waals surface area contributed by atoms with Crippen LogP contribution in [0.5, 0.6) is 0 Å². The largest absolute Gasteiger partial charge is 0.491 e. The first-order valence-electron chi connectivity index (χ1n) is 3.98. The molecule has 0 spiro atoms. The van der Waals surface area contributed by atoms with Crippen molar-refractivity contribution in [2.24, 2.45) is 0 Å². The molecule has 1 N–H and O–H groups in total. The molecule has 68 valence electrons. The number of nitrogens with one attached hydrogen (secondary N) is 1. The summed E-state index contributed by atoms with van der Waals surface area (Å²) in [5.41, 5.74) is 0. The van der Waals surface area contributed by atoms with E-state index in [1.807, 2.05) is 6.92 Å². The predicted molar refractivity (Wildman–Crippen MR) is 41.5 cm³/mol. The molecule has 0 amide bonds. The molecule has 0 bridgehead atoms. The van der Waals surface area contributed by atoms with Gasteiger partial charge in [-0.15, -0.1) is 0 Å². The van der Waals surface area contributed by atoms with Crippen molar-refractivity contribution < 1.29 is 12.9 Å². The SMILES string of the molecule is CCCCCNC[B-](F)(F)F. The number of hydrogen-bond acceptors (Lipinski definition) is 1. The van der Waals surface area contributed by atoms with E-state index in [2.05, 4.69) is 5.32 Å². The Morgan fingerprint density at radius 1 is 1.18 bits per heavy atom. The summed E-state index contributed by atoms with van der Waals surface area (Å²) in [5.74, 6) is 0. The minimum absolute atomic E-state index is 0.481. The summed E-state index contributed by atoms with van der Waals surface area (Å²) in [6.07, 6.45) is 2.07. The maximum atomic E-state index is 11.6. The van der Waals surface area contributed by atoms with Gasteiger partial charge in [0.2, 0.25) is 0 Å². The van der Waals surface area contributed by atoms with Gasteiger partial charge in [-0.2, -0.15) is 0 Å². The predicted octanol–water partition coefficient (Wildman–Crippen LogP) is 2.15. The highest BCUT2D eigenvalue weighted by Gasteiger charge is 2.21. The summed E-state index contributed by atoms with van der Waals surface area (Å²) in [4.78, 5) is 0. The molecular formula is C6H14BF3N-. The number of unbranched alkanes of at least 4 members (excludes halogenated alkanes) is 2. The van der Waals surface area contributed by atoms with E-state index in [1.54, 1.807) is 0 Å². The van der Waals surface area contributed by atoms with Crippen LogP contribution in [0.4, 0.5) is 12.9 Å². The van der Waals surface area contributed by atoms with Gasteiger partial charge in [0, 0.05) is 0 Å². The molecule has 0 aliphatic heterocycles. The van der Waals surface area contributed by atoms with Crippen molar-refractivity contribution in [2.75, 3.05) is 13.0 Å². The van der Waals surface area contributed by atoms with Gasteiger partial charge in [0.1, 0.15) is 0 Å². The molecule has 0 heterocycles. The van der Waals surface area contributed by atoms with Gasteiger partial charge in [0.05, 0.1) is 0 Å². The summed E-state index contributed by atoms with van der Waals surface area (Å²) in [5, 5.41) is 2.36. The van der Waals surface area contributed by atoms with Crippen LogP contribution in [0.15, 0.2) is 0 Å². The van der Waals surface area contributed by atoms with Gasteiger partial charge in [-0.25, -0.2) is 0 Å². The third-order valence-electron chi connectivity index (χ3n) is 1.33. The Morgan fingerprint density at radius 2 is 1.82 bits per heavy atom. The number of hydrogen-bond donors (Lipinski definition) is 1. The molecule has 5 heteroatoms. The molecule has 0 saturated heterocycles. The van der Waals surface area contributed by atoms with Crippen LogP contribution < -0.4 is 5.32 Å². The second kappa shape index (κ2) is 5.46. The van der Waals surface area contributed by atoms with Crippen molar-refractivity contribution in [2.45, 2.75) is 26.2 Å².